The van der Waals surface area contributed by atoms with E-state index in [1.165, 1.54) is 12.1 Å². The number of carboxylic acid groups (broad SMARTS) is 1. The van der Waals surface area contributed by atoms with E-state index in [1.54, 1.807) is 6.07 Å². The van der Waals surface area contributed by atoms with E-state index in [0.29, 0.717) is 5.82 Å². The van der Waals surface area contributed by atoms with Crippen LogP contribution in [-0.2, 0) is 0 Å². The molecule has 0 radical (unpaired) electrons. The molecule has 0 aliphatic rings. The highest BCUT2D eigenvalue weighted by Crippen LogP contribution is 2.24. The van der Waals surface area contributed by atoms with Crippen molar-refractivity contribution in [2.24, 2.45) is 0 Å². The highest BCUT2D eigenvalue weighted by molar-refractivity contribution is 6.34. The number of hydrogen-bond donors (Lipinski definition) is 3. The Kier molecular flexibility index (Phi) is 4.23. The number of hydrogen-bond acceptors (Lipinski definition) is 4. The van der Waals surface area contributed by atoms with Gasteiger partial charge in [0.05, 0.1) is 10.7 Å². The van der Waals surface area contributed by atoms with Crippen LogP contribution < -0.4 is 5.32 Å². The van der Waals surface area contributed by atoms with Crippen molar-refractivity contribution in [3.05, 3.63) is 40.4 Å². The maximum atomic E-state index is 12.0. The number of halogens is 1. The molecule has 8 heteroatoms. The molecule has 0 unspecified atom stereocenters. The standard InChI is InChI=1S/C13H13ClN4O3/c1-6(2)10-16-11(18-17-10)12(19)15-8-5-3-4-7(14)9(8)13(20)21/h3-6H,1-2H3,(H,15,19)(H,20,21)(H,16,17,18). The van der Waals surface area contributed by atoms with Crippen LogP contribution in [0.15, 0.2) is 18.2 Å². The molecule has 7 nitrogen and oxygen atoms in total. The topological polar surface area (TPSA) is 108 Å². The van der Waals surface area contributed by atoms with Gasteiger partial charge in [-0.3, -0.25) is 9.89 Å². The fourth-order valence-corrected chi connectivity index (χ4v) is 1.91. The zero-order valence-electron chi connectivity index (χ0n) is 11.3. The summed E-state index contributed by atoms with van der Waals surface area (Å²) in [6.07, 6.45) is 0. The SMILES string of the molecule is CC(C)c1nc(C(=O)Nc2cccc(Cl)c2C(=O)O)n[nH]1. The Morgan fingerprint density at radius 1 is 1.38 bits per heavy atom. The number of amides is 1. The first-order valence-corrected chi connectivity index (χ1v) is 6.53. The molecule has 1 heterocycles. The van der Waals surface area contributed by atoms with Crippen LogP contribution in [0.25, 0.3) is 0 Å². The van der Waals surface area contributed by atoms with Gasteiger partial charge in [-0.05, 0) is 12.1 Å². The second-order valence-corrected chi connectivity index (χ2v) is 5.03. The van der Waals surface area contributed by atoms with Gasteiger partial charge >= 0.3 is 5.97 Å². The molecule has 1 amide bonds. The Labute approximate surface area is 125 Å². The molecular weight excluding hydrogens is 296 g/mol. The maximum absolute atomic E-state index is 12.0. The third kappa shape index (κ3) is 3.19. The zero-order valence-corrected chi connectivity index (χ0v) is 12.1. The average Bonchev–Trinajstić information content (AvgIpc) is 2.88. The lowest BCUT2D eigenvalue weighted by Gasteiger charge is -2.08. The summed E-state index contributed by atoms with van der Waals surface area (Å²) in [5.41, 5.74) is -0.0805. The normalized spacial score (nSPS) is 10.7. The van der Waals surface area contributed by atoms with Crippen LogP contribution in [0.4, 0.5) is 5.69 Å². The molecule has 0 saturated carbocycles. The van der Waals surface area contributed by atoms with Crippen molar-refractivity contribution in [1.82, 2.24) is 15.2 Å². The number of carbonyl (C=O) groups is 2. The number of H-pyrrole nitrogens is 1. The molecule has 21 heavy (non-hydrogen) atoms. The number of nitrogens with one attached hydrogen (secondary N) is 2. The third-order valence-electron chi connectivity index (χ3n) is 2.73. The molecular formula is C13H13ClN4O3. The number of carboxylic acids is 1. The lowest BCUT2D eigenvalue weighted by atomic mass is 10.1. The first-order chi connectivity index (χ1) is 9.90. The minimum absolute atomic E-state index is 0.0400. The van der Waals surface area contributed by atoms with Crippen molar-refractivity contribution in [1.29, 1.82) is 0 Å². The molecule has 0 spiro atoms. The van der Waals surface area contributed by atoms with E-state index >= 15 is 0 Å². The highest BCUT2D eigenvalue weighted by atomic mass is 35.5. The molecule has 2 aromatic rings. The minimum atomic E-state index is -1.23. The third-order valence-corrected chi connectivity index (χ3v) is 3.04. The Morgan fingerprint density at radius 3 is 2.67 bits per heavy atom. The number of rotatable bonds is 4. The number of carbonyl (C=O) groups excluding carboxylic acids is 1. The van der Waals surface area contributed by atoms with Gasteiger partial charge in [-0.2, -0.15) is 0 Å². The van der Waals surface area contributed by atoms with E-state index in [-0.39, 0.29) is 28.0 Å². The van der Waals surface area contributed by atoms with Crippen LogP contribution in [0.2, 0.25) is 5.02 Å². The molecule has 1 aromatic carbocycles. The summed E-state index contributed by atoms with van der Waals surface area (Å²) in [5.74, 6) is -1.23. The number of aromatic amines is 1. The molecule has 0 fully saturated rings. The quantitative estimate of drug-likeness (QED) is 0.804. The number of nitrogens with zero attached hydrogens (tertiary/aromatic N) is 2. The Hall–Kier alpha value is -2.41. The molecule has 2 rings (SSSR count). The highest BCUT2D eigenvalue weighted by Gasteiger charge is 2.19. The van der Waals surface area contributed by atoms with Crippen molar-refractivity contribution in [2.45, 2.75) is 19.8 Å². The summed E-state index contributed by atoms with van der Waals surface area (Å²) < 4.78 is 0. The van der Waals surface area contributed by atoms with Gasteiger partial charge in [-0.25, -0.2) is 9.78 Å². The minimum Gasteiger partial charge on any atom is -0.478 e. The fourth-order valence-electron chi connectivity index (χ4n) is 1.66. The largest absolute Gasteiger partial charge is 0.478 e. The van der Waals surface area contributed by atoms with Gasteiger partial charge in [0.15, 0.2) is 0 Å². The van der Waals surface area contributed by atoms with E-state index in [1.807, 2.05) is 13.8 Å². The second-order valence-electron chi connectivity index (χ2n) is 4.62. The van der Waals surface area contributed by atoms with Crippen molar-refractivity contribution >= 4 is 29.2 Å². The summed E-state index contributed by atoms with van der Waals surface area (Å²) in [4.78, 5) is 27.3. The molecule has 0 aliphatic heterocycles. The Balaban J connectivity index is 2.27. The summed E-state index contributed by atoms with van der Waals surface area (Å²) in [6.45, 7) is 3.81. The molecule has 1 aromatic heterocycles. The maximum Gasteiger partial charge on any atom is 0.339 e. The summed E-state index contributed by atoms with van der Waals surface area (Å²) in [6, 6.07) is 4.43. The molecule has 0 saturated heterocycles. The van der Waals surface area contributed by atoms with E-state index in [4.69, 9.17) is 16.7 Å². The van der Waals surface area contributed by atoms with Gasteiger partial charge in [0, 0.05) is 5.92 Å². The summed E-state index contributed by atoms with van der Waals surface area (Å²) in [5, 5.41) is 18.1. The molecule has 3 N–H and O–H groups in total. The molecule has 0 bridgehead atoms. The molecule has 0 aliphatic carbocycles. The summed E-state index contributed by atoms with van der Waals surface area (Å²) >= 11 is 5.83. The smallest absolute Gasteiger partial charge is 0.339 e. The predicted octanol–water partition coefficient (Wildman–Crippen LogP) is 2.53. The van der Waals surface area contributed by atoms with Crippen LogP contribution in [0, 0.1) is 0 Å². The number of aromatic carboxylic acids is 1. The van der Waals surface area contributed by atoms with E-state index in [0.717, 1.165) is 0 Å². The van der Waals surface area contributed by atoms with Crippen molar-refractivity contribution in [3.63, 3.8) is 0 Å². The fraction of sp³-hybridized carbons (Fsp3) is 0.231. The van der Waals surface area contributed by atoms with E-state index in [2.05, 4.69) is 20.5 Å². The van der Waals surface area contributed by atoms with Crippen molar-refractivity contribution in [3.8, 4) is 0 Å². The van der Waals surface area contributed by atoms with Gasteiger partial charge in [-0.1, -0.05) is 31.5 Å². The molecule has 0 atom stereocenters. The van der Waals surface area contributed by atoms with Gasteiger partial charge in [0.1, 0.15) is 11.4 Å². The monoisotopic (exact) mass is 308 g/mol. The summed E-state index contributed by atoms with van der Waals surface area (Å²) in [7, 11) is 0. The number of anilines is 1. The van der Waals surface area contributed by atoms with Crippen LogP contribution in [0.3, 0.4) is 0 Å². The molecule has 110 valence electrons. The first kappa shape index (κ1) is 15.0. The zero-order chi connectivity index (χ0) is 15.6. The van der Waals surface area contributed by atoms with Gasteiger partial charge in [-0.15, -0.1) is 5.10 Å². The van der Waals surface area contributed by atoms with E-state index in [9.17, 15) is 9.59 Å². The van der Waals surface area contributed by atoms with Crippen LogP contribution in [0.5, 0.6) is 0 Å². The number of aromatic nitrogens is 3. The van der Waals surface area contributed by atoms with Crippen molar-refractivity contribution < 1.29 is 14.7 Å². The predicted molar refractivity (Wildman–Crippen MR) is 76.8 cm³/mol. The van der Waals surface area contributed by atoms with Crippen molar-refractivity contribution in [2.75, 3.05) is 5.32 Å². The Morgan fingerprint density at radius 2 is 2.10 bits per heavy atom. The Bertz CT molecular complexity index is 696. The van der Waals surface area contributed by atoms with Gasteiger partial charge in [0.25, 0.3) is 5.91 Å². The van der Waals surface area contributed by atoms with Crippen LogP contribution >= 0.6 is 11.6 Å². The lowest BCUT2D eigenvalue weighted by Crippen LogP contribution is -2.16. The second kappa shape index (κ2) is 5.92. The van der Waals surface area contributed by atoms with E-state index < -0.39 is 11.9 Å². The van der Waals surface area contributed by atoms with Crippen LogP contribution in [0.1, 0.15) is 46.6 Å². The average molecular weight is 309 g/mol. The lowest BCUT2D eigenvalue weighted by molar-refractivity contribution is 0.0698. The van der Waals surface area contributed by atoms with Crippen LogP contribution in [-0.4, -0.2) is 32.2 Å². The van der Waals surface area contributed by atoms with Gasteiger partial charge in [0.2, 0.25) is 5.82 Å². The first-order valence-electron chi connectivity index (χ1n) is 6.15. The van der Waals surface area contributed by atoms with Gasteiger partial charge < -0.3 is 10.4 Å². The number of benzene rings is 1.